The first-order chi connectivity index (χ1) is 15.3. The van der Waals surface area contributed by atoms with Crippen LogP contribution in [-0.4, -0.2) is 41.5 Å². The molecule has 0 saturated carbocycles. The van der Waals surface area contributed by atoms with Crippen molar-refractivity contribution in [3.63, 3.8) is 0 Å². The lowest BCUT2D eigenvalue weighted by Crippen LogP contribution is -2.41. The molecule has 0 aliphatic carbocycles. The number of aromatic nitrogens is 2. The number of rotatable bonds is 6. The summed E-state index contributed by atoms with van der Waals surface area (Å²) >= 11 is 6.06. The van der Waals surface area contributed by atoms with Gasteiger partial charge >= 0.3 is 0 Å². The van der Waals surface area contributed by atoms with Gasteiger partial charge in [0, 0.05) is 35.8 Å². The number of nitrogens with one attached hydrogen (secondary N) is 1. The van der Waals surface area contributed by atoms with Crippen molar-refractivity contribution in [1.82, 2.24) is 14.1 Å². The molecule has 4 rings (SSSR count). The van der Waals surface area contributed by atoms with Crippen molar-refractivity contribution in [2.24, 2.45) is 5.92 Å². The lowest BCUT2D eigenvalue weighted by Gasteiger charge is -2.30. The van der Waals surface area contributed by atoms with Gasteiger partial charge in [-0.15, -0.1) is 0 Å². The first-order valence-corrected chi connectivity index (χ1v) is 12.0. The van der Waals surface area contributed by atoms with Gasteiger partial charge in [0.25, 0.3) is 0 Å². The average molecular weight is 477 g/mol. The van der Waals surface area contributed by atoms with Gasteiger partial charge in [-0.05, 0) is 37.1 Å². The molecule has 32 heavy (non-hydrogen) atoms. The van der Waals surface area contributed by atoms with Crippen LogP contribution in [0.3, 0.4) is 0 Å². The fourth-order valence-electron chi connectivity index (χ4n) is 3.70. The molecule has 1 saturated heterocycles. The number of carbonyl (C=O) groups excluding carboxylic acids is 1. The zero-order valence-corrected chi connectivity index (χ0v) is 18.7. The molecule has 1 fully saturated rings. The largest absolute Gasteiger partial charge is 0.323 e. The smallest absolute Gasteiger partial charge is 0.243 e. The summed E-state index contributed by atoms with van der Waals surface area (Å²) in [6.07, 6.45) is 3.95. The zero-order chi connectivity index (χ0) is 22.7. The summed E-state index contributed by atoms with van der Waals surface area (Å²) in [4.78, 5) is 12.9. The zero-order valence-electron chi connectivity index (χ0n) is 17.1. The molecule has 1 amide bonds. The molecule has 2 heterocycles. The highest BCUT2D eigenvalue weighted by atomic mass is 35.5. The van der Waals surface area contributed by atoms with Crippen molar-refractivity contribution in [3.05, 3.63) is 77.3 Å². The third-order valence-corrected chi connectivity index (χ3v) is 7.76. The summed E-state index contributed by atoms with van der Waals surface area (Å²) in [5.41, 5.74) is 0.809. The molecular weight excluding hydrogens is 455 g/mol. The molecule has 7 nitrogen and oxygen atoms in total. The van der Waals surface area contributed by atoms with Crippen LogP contribution in [0.25, 0.3) is 0 Å². The average Bonchev–Trinajstić information content (AvgIpc) is 3.24. The highest BCUT2D eigenvalue weighted by molar-refractivity contribution is 7.89. The van der Waals surface area contributed by atoms with Crippen LogP contribution in [0.15, 0.2) is 65.8 Å². The molecule has 0 atom stereocenters. The Morgan fingerprint density at radius 1 is 1.12 bits per heavy atom. The lowest BCUT2D eigenvalue weighted by atomic mass is 9.97. The summed E-state index contributed by atoms with van der Waals surface area (Å²) < 4.78 is 42.4. The second-order valence-corrected chi connectivity index (χ2v) is 9.95. The maximum absolute atomic E-state index is 14.0. The van der Waals surface area contributed by atoms with Crippen molar-refractivity contribution < 1.29 is 17.6 Å². The lowest BCUT2D eigenvalue weighted by molar-refractivity contribution is -0.120. The van der Waals surface area contributed by atoms with Crippen molar-refractivity contribution in [3.8, 4) is 0 Å². The van der Waals surface area contributed by atoms with Crippen LogP contribution in [0.1, 0.15) is 18.4 Å². The molecule has 0 bridgehead atoms. The predicted octanol–water partition coefficient (Wildman–Crippen LogP) is 3.76. The van der Waals surface area contributed by atoms with E-state index in [4.69, 9.17) is 11.6 Å². The van der Waals surface area contributed by atoms with Crippen molar-refractivity contribution in [1.29, 1.82) is 0 Å². The Balaban J connectivity index is 1.34. The Morgan fingerprint density at radius 3 is 2.53 bits per heavy atom. The number of hydrogen-bond donors (Lipinski definition) is 1. The number of hydrogen-bond acceptors (Lipinski definition) is 4. The van der Waals surface area contributed by atoms with Gasteiger partial charge in [-0.1, -0.05) is 35.9 Å². The molecule has 1 aliphatic rings. The number of amides is 1. The SMILES string of the molecule is O=C(Nc1cnn(Cc2c(F)cccc2Cl)c1)C1CCN(S(=O)(=O)c2ccccc2)CC1. The van der Waals surface area contributed by atoms with Crippen molar-refractivity contribution >= 4 is 33.2 Å². The normalized spacial score (nSPS) is 15.6. The minimum Gasteiger partial charge on any atom is -0.323 e. The molecule has 2 aromatic carbocycles. The van der Waals surface area contributed by atoms with Gasteiger partial charge in [0.05, 0.1) is 23.3 Å². The molecule has 0 spiro atoms. The number of piperidine rings is 1. The van der Waals surface area contributed by atoms with E-state index in [9.17, 15) is 17.6 Å². The maximum Gasteiger partial charge on any atom is 0.243 e. The van der Waals surface area contributed by atoms with E-state index in [1.807, 2.05) is 0 Å². The van der Waals surface area contributed by atoms with E-state index in [1.54, 1.807) is 42.6 Å². The molecule has 1 aliphatic heterocycles. The molecule has 0 unspecified atom stereocenters. The predicted molar refractivity (Wildman–Crippen MR) is 119 cm³/mol. The van der Waals surface area contributed by atoms with E-state index in [-0.39, 0.29) is 36.4 Å². The van der Waals surface area contributed by atoms with Crippen molar-refractivity contribution in [2.45, 2.75) is 24.3 Å². The number of anilines is 1. The molecule has 10 heteroatoms. The van der Waals surface area contributed by atoms with E-state index < -0.39 is 15.8 Å². The van der Waals surface area contributed by atoms with Crippen LogP contribution in [-0.2, 0) is 21.4 Å². The Labute approximate surface area is 190 Å². The monoisotopic (exact) mass is 476 g/mol. The first-order valence-electron chi connectivity index (χ1n) is 10.2. The number of carbonyl (C=O) groups is 1. The minimum atomic E-state index is -3.56. The second-order valence-electron chi connectivity index (χ2n) is 7.61. The summed E-state index contributed by atoms with van der Waals surface area (Å²) in [7, 11) is -3.56. The van der Waals surface area contributed by atoms with Crippen molar-refractivity contribution in [2.75, 3.05) is 18.4 Å². The molecule has 3 aromatic rings. The fourth-order valence-corrected chi connectivity index (χ4v) is 5.42. The van der Waals surface area contributed by atoms with Gasteiger partial charge in [-0.3, -0.25) is 9.48 Å². The third kappa shape index (κ3) is 4.85. The van der Waals surface area contributed by atoms with Gasteiger partial charge in [0.2, 0.25) is 15.9 Å². The summed E-state index contributed by atoms with van der Waals surface area (Å²) in [6, 6.07) is 12.8. The second kappa shape index (κ2) is 9.40. The number of benzene rings is 2. The Morgan fingerprint density at radius 2 is 1.84 bits per heavy atom. The number of halogens is 2. The molecule has 0 radical (unpaired) electrons. The Bertz CT molecular complexity index is 1190. The molecule has 168 valence electrons. The molecular formula is C22H22ClFN4O3S. The first kappa shape index (κ1) is 22.4. The topological polar surface area (TPSA) is 84.3 Å². The maximum atomic E-state index is 14.0. The Hall–Kier alpha value is -2.75. The molecule has 1 N–H and O–H groups in total. The fraction of sp³-hybridized carbons (Fsp3) is 0.273. The molecule has 1 aromatic heterocycles. The van der Waals surface area contributed by atoms with Gasteiger partial charge in [0.1, 0.15) is 5.82 Å². The quantitative estimate of drug-likeness (QED) is 0.587. The summed E-state index contributed by atoms with van der Waals surface area (Å²) in [5.74, 6) is -0.914. The highest BCUT2D eigenvalue weighted by Crippen LogP contribution is 2.25. The van der Waals surface area contributed by atoms with E-state index in [1.165, 1.54) is 27.3 Å². The van der Waals surface area contributed by atoms with Crippen LogP contribution in [0.4, 0.5) is 10.1 Å². The third-order valence-electron chi connectivity index (χ3n) is 5.49. The van der Waals surface area contributed by atoms with Crippen LogP contribution in [0, 0.1) is 11.7 Å². The summed E-state index contributed by atoms with van der Waals surface area (Å²) in [5, 5.41) is 7.28. The summed E-state index contributed by atoms with van der Waals surface area (Å²) in [6.45, 7) is 0.692. The highest BCUT2D eigenvalue weighted by Gasteiger charge is 2.32. The van der Waals surface area contributed by atoms with Crippen LogP contribution in [0.5, 0.6) is 0 Å². The van der Waals surface area contributed by atoms with Gasteiger partial charge < -0.3 is 5.32 Å². The van der Waals surface area contributed by atoms with Gasteiger partial charge in [-0.25, -0.2) is 12.8 Å². The Kier molecular flexibility index (Phi) is 6.59. The van der Waals surface area contributed by atoms with E-state index in [0.717, 1.165) is 0 Å². The minimum absolute atomic E-state index is 0.136. The van der Waals surface area contributed by atoms with Gasteiger partial charge in [0.15, 0.2) is 0 Å². The van der Waals surface area contributed by atoms with Crippen LogP contribution >= 0.6 is 11.6 Å². The number of sulfonamides is 1. The van der Waals surface area contributed by atoms with E-state index in [0.29, 0.717) is 29.1 Å². The van der Waals surface area contributed by atoms with E-state index >= 15 is 0 Å². The van der Waals surface area contributed by atoms with Crippen LogP contribution < -0.4 is 5.32 Å². The van der Waals surface area contributed by atoms with E-state index in [2.05, 4.69) is 10.4 Å². The van der Waals surface area contributed by atoms with Crippen LogP contribution in [0.2, 0.25) is 5.02 Å². The number of nitrogens with zero attached hydrogens (tertiary/aromatic N) is 3. The standard InChI is InChI=1S/C22H22ClFN4O3S/c23-20-7-4-8-21(24)19(20)15-27-14-17(13-25-27)26-22(29)16-9-11-28(12-10-16)32(30,31)18-5-2-1-3-6-18/h1-8,13-14,16H,9-12,15H2,(H,26,29). The van der Waals surface area contributed by atoms with Gasteiger partial charge in [-0.2, -0.15) is 9.40 Å².